The van der Waals surface area contributed by atoms with Gasteiger partial charge in [-0.1, -0.05) is 12.1 Å². The van der Waals surface area contributed by atoms with Crippen LogP contribution in [0.1, 0.15) is 36.4 Å². The fraction of sp³-hybridized carbons (Fsp3) is 0.353. The van der Waals surface area contributed by atoms with Crippen molar-refractivity contribution in [3.05, 3.63) is 63.8 Å². The van der Waals surface area contributed by atoms with E-state index in [1.165, 1.54) is 30.5 Å². The van der Waals surface area contributed by atoms with Gasteiger partial charge in [-0.15, -0.1) is 0 Å². The topological polar surface area (TPSA) is 59.3 Å². The van der Waals surface area contributed by atoms with E-state index in [0.29, 0.717) is 18.5 Å². The van der Waals surface area contributed by atoms with E-state index in [-0.39, 0.29) is 17.5 Å². The second-order valence-corrected chi connectivity index (χ2v) is 5.93. The van der Waals surface area contributed by atoms with E-state index in [0.717, 1.165) is 25.0 Å². The highest BCUT2D eigenvalue weighted by Gasteiger charge is 2.32. The van der Waals surface area contributed by atoms with Crippen LogP contribution in [-0.4, -0.2) is 16.5 Å². The summed E-state index contributed by atoms with van der Waals surface area (Å²) in [6, 6.07) is 7.65. The fourth-order valence-electron chi connectivity index (χ4n) is 3.18. The Labute approximate surface area is 142 Å². The van der Waals surface area contributed by atoms with Gasteiger partial charge < -0.3 is 4.90 Å². The number of pyridine rings is 1. The van der Waals surface area contributed by atoms with Crippen LogP contribution >= 0.6 is 0 Å². The van der Waals surface area contributed by atoms with Gasteiger partial charge in [-0.25, -0.2) is 4.98 Å². The average Bonchev–Trinajstić information content (AvgIpc) is 2.61. The number of rotatable bonds is 3. The minimum atomic E-state index is -4.38. The Bertz CT molecular complexity index is 762. The predicted octanol–water partition coefficient (Wildman–Crippen LogP) is 4.74. The summed E-state index contributed by atoms with van der Waals surface area (Å²) in [5.74, 6) is 0.261. The summed E-state index contributed by atoms with van der Waals surface area (Å²) < 4.78 is 38.2. The van der Waals surface area contributed by atoms with E-state index >= 15 is 0 Å². The summed E-state index contributed by atoms with van der Waals surface area (Å²) in [6.07, 6.45) is -0.432. The lowest BCUT2D eigenvalue weighted by Gasteiger charge is -2.36. The molecule has 1 atom stereocenters. The van der Waals surface area contributed by atoms with Crippen molar-refractivity contribution in [2.45, 2.75) is 31.5 Å². The molecule has 2 heterocycles. The molecule has 0 saturated carbocycles. The molecule has 0 aliphatic carbocycles. The number of halogens is 3. The van der Waals surface area contributed by atoms with Gasteiger partial charge in [0.05, 0.1) is 16.5 Å². The Morgan fingerprint density at radius 3 is 2.52 bits per heavy atom. The van der Waals surface area contributed by atoms with E-state index in [4.69, 9.17) is 0 Å². The summed E-state index contributed by atoms with van der Waals surface area (Å²) in [6.45, 7) is 0.573. The first-order valence-corrected chi connectivity index (χ1v) is 7.91. The first-order chi connectivity index (χ1) is 11.9. The van der Waals surface area contributed by atoms with E-state index in [1.54, 1.807) is 0 Å². The lowest BCUT2D eigenvalue weighted by Crippen LogP contribution is -2.34. The number of nitro groups is 1. The van der Waals surface area contributed by atoms with Crippen LogP contribution in [-0.2, 0) is 6.18 Å². The van der Waals surface area contributed by atoms with Gasteiger partial charge in [0.15, 0.2) is 0 Å². The highest BCUT2D eigenvalue weighted by atomic mass is 19.4. The maximum absolute atomic E-state index is 12.7. The van der Waals surface area contributed by atoms with Gasteiger partial charge in [-0.05, 0) is 43.0 Å². The van der Waals surface area contributed by atoms with Crippen molar-refractivity contribution in [1.29, 1.82) is 0 Å². The summed E-state index contributed by atoms with van der Waals surface area (Å²) in [5, 5.41) is 11.3. The molecule has 0 bridgehead atoms. The summed E-state index contributed by atoms with van der Waals surface area (Å²) in [7, 11) is 0. The summed E-state index contributed by atoms with van der Waals surface area (Å²) in [5.41, 5.74) is -0.101. The molecular formula is C17H16F3N3O2. The molecule has 5 nitrogen and oxygen atoms in total. The predicted molar refractivity (Wildman–Crippen MR) is 86.3 cm³/mol. The fourth-order valence-corrected chi connectivity index (χ4v) is 3.18. The van der Waals surface area contributed by atoms with Crippen LogP contribution in [0.4, 0.5) is 24.7 Å². The molecule has 3 rings (SSSR count). The maximum atomic E-state index is 12.7. The van der Waals surface area contributed by atoms with Gasteiger partial charge in [0.1, 0.15) is 0 Å². The second-order valence-electron chi connectivity index (χ2n) is 5.93. The van der Waals surface area contributed by atoms with Crippen molar-refractivity contribution in [3.8, 4) is 0 Å². The van der Waals surface area contributed by atoms with Crippen LogP contribution in [0.25, 0.3) is 0 Å². The van der Waals surface area contributed by atoms with Crippen molar-refractivity contribution in [2.24, 2.45) is 0 Å². The number of aromatic nitrogens is 1. The number of benzene rings is 1. The smallest absolute Gasteiger partial charge is 0.344 e. The molecule has 1 fully saturated rings. The van der Waals surface area contributed by atoms with Gasteiger partial charge in [0, 0.05) is 18.8 Å². The number of anilines is 1. The van der Waals surface area contributed by atoms with Gasteiger partial charge >= 0.3 is 11.9 Å². The Hall–Kier alpha value is -2.64. The van der Waals surface area contributed by atoms with E-state index in [1.807, 2.05) is 4.90 Å². The highest BCUT2D eigenvalue weighted by molar-refractivity contribution is 5.59. The van der Waals surface area contributed by atoms with Gasteiger partial charge in [-0.2, -0.15) is 13.2 Å². The summed E-state index contributed by atoms with van der Waals surface area (Å²) in [4.78, 5) is 16.8. The molecule has 1 aliphatic heterocycles. The molecule has 132 valence electrons. The number of nitrogens with zero attached hydrogens (tertiary/aromatic N) is 3. The molecule has 8 heteroatoms. The largest absolute Gasteiger partial charge is 0.416 e. The molecule has 1 aliphatic rings. The normalized spacial score (nSPS) is 18.2. The van der Waals surface area contributed by atoms with Crippen LogP contribution < -0.4 is 4.90 Å². The number of hydrogen-bond acceptors (Lipinski definition) is 4. The first kappa shape index (κ1) is 17.2. The molecule has 1 saturated heterocycles. The van der Waals surface area contributed by atoms with Crippen molar-refractivity contribution in [2.75, 3.05) is 11.4 Å². The van der Waals surface area contributed by atoms with Crippen molar-refractivity contribution < 1.29 is 18.1 Å². The van der Waals surface area contributed by atoms with E-state index in [2.05, 4.69) is 4.98 Å². The van der Waals surface area contributed by atoms with Crippen LogP contribution in [0.2, 0.25) is 0 Å². The van der Waals surface area contributed by atoms with Crippen LogP contribution in [0, 0.1) is 10.1 Å². The first-order valence-electron chi connectivity index (χ1n) is 7.91. The molecule has 2 aromatic rings. The minimum absolute atomic E-state index is 0.0960. The minimum Gasteiger partial charge on any atom is -0.344 e. The van der Waals surface area contributed by atoms with Crippen molar-refractivity contribution in [3.63, 3.8) is 0 Å². The van der Waals surface area contributed by atoms with Crippen LogP contribution in [0.3, 0.4) is 0 Å². The molecule has 1 aromatic carbocycles. The molecule has 0 radical (unpaired) electrons. The molecule has 0 spiro atoms. The number of alkyl halides is 3. The van der Waals surface area contributed by atoms with E-state index < -0.39 is 16.7 Å². The third-order valence-electron chi connectivity index (χ3n) is 4.36. The zero-order valence-electron chi connectivity index (χ0n) is 13.2. The molecule has 0 N–H and O–H groups in total. The monoisotopic (exact) mass is 351 g/mol. The SMILES string of the molecule is O=[N+]([O-])c1cccnc1N1CCCC[C@@H]1c1ccc(C(F)(F)F)cc1. The highest BCUT2D eigenvalue weighted by Crippen LogP contribution is 2.38. The van der Waals surface area contributed by atoms with Gasteiger partial charge in [0.2, 0.25) is 5.82 Å². The van der Waals surface area contributed by atoms with Crippen molar-refractivity contribution >= 4 is 11.5 Å². The van der Waals surface area contributed by atoms with Crippen LogP contribution in [0.5, 0.6) is 0 Å². The van der Waals surface area contributed by atoms with Gasteiger partial charge in [-0.3, -0.25) is 10.1 Å². The Balaban J connectivity index is 1.96. The average molecular weight is 351 g/mol. The summed E-state index contributed by atoms with van der Waals surface area (Å²) >= 11 is 0. The third-order valence-corrected chi connectivity index (χ3v) is 4.36. The zero-order valence-corrected chi connectivity index (χ0v) is 13.2. The molecule has 1 aromatic heterocycles. The Kier molecular flexibility index (Phi) is 4.61. The molecule has 0 unspecified atom stereocenters. The van der Waals surface area contributed by atoms with Crippen LogP contribution in [0.15, 0.2) is 42.6 Å². The molecule has 25 heavy (non-hydrogen) atoms. The zero-order chi connectivity index (χ0) is 18.0. The van der Waals surface area contributed by atoms with E-state index in [9.17, 15) is 23.3 Å². The second kappa shape index (κ2) is 6.70. The lowest BCUT2D eigenvalue weighted by molar-refractivity contribution is -0.384. The molecular weight excluding hydrogens is 335 g/mol. The van der Waals surface area contributed by atoms with Gasteiger partial charge in [0.25, 0.3) is 0 Å². The standard InChI is InChI=1S/C17H16F3N3O2/c18-17(19,20)13-8-6-12(7-9-13)14-4-1-2-11-22(14)16-15(23(24)25)5-3-10-21-16/h3,5-10,14H,1-2,4,11H2/t14-/m1/s1. The maximum Gasteiger partial charge on any atom is 0.416 e. The Morgan fingerprint density at radius 2 is 1.88 bits per heavy atom. The quantitative estimate of drug-likeness (QED) is 0.592. The third kappa shape index (κ3) is 3.57. The van der Waals surface area contributed by atoms with Crippen molar-refractivity contribution in [1.82, 2.24) is 4.98 Å². The Morgan fingerprint density at radius 1 is 1.16 bits per heavy atom. The number of piperidine rings is 1. The molecule has 0 amide bonds. The number of hydrogen-bond donors (Lipinski definition) is 0. The lowest BCUT2D eigenvalue weighted by atomic mass is 9.94.